The molecule has 0 aromatic rings. The van der Waals surface area contributed by atoms with Gasteiger partial charge in [0, 0.05) is 6.42 Å². The van der Waals surface area contributed by atoms with Crippen LogP contribution in [0.15, 0.2) is 24.3 Å². The Labute approximate surface area is 339 Å². The molecule has 1 amide bonds. The number of hydrogen-bond acceptors (Lipinski definition) is 18. The molecule has 3 aliphatic heterocycles. The summed E-state index contributed by atoms with van der Waals surface area (Å²) in [6, 6.07) is -0.977. The monoisotopic (exact) mass is 839 g/mol. The van der Waals surface area contributed by atoms with Gasteiger partial charge in [-0.25, -0.2) is 0 Å². The highest BCUT2D eigenvalue weighted by molar-refractivity contribution is 5.76. The Morgan fingerprint density at radius 3 is 1.69 bits per heavy atom. The smallest absolute Gasteiger partial charge is 0.220 e. The number of amides is 1. The molecule has 19 heteroatoms. The molecule has 12 N–H and O–H groups in total. The molecule has 0 spiro atoms. The maximum atomic E-state index is 12.9. The quantitative estimate of drug-likeness (QED) is 0.0341. The minimum atomic E-state index is -1.97. The molecule has 19 nitrogen and oxygen atoms in total. The van der Waals surface area contributed by atoms with Crippen LogP contribution < -0.4 is 5.32 Å². The number of allylic oxidation sites excluding steroid dienone is 3. The van der Waals surface area contributed by atoms with Crippen molar-refractivity contribution in [2.75, 3.05) is 26.4 Å². The fourth-order valence-electron chi connectivity index (χ4n) is 6.91. The summed E-state index contributed by atoms with van der Waals surface area (Å²) in [5.41, 5.74) is 0. The third kappa shape index (κ3) is 14.7. The molecular weight excluding hydrogens is 770 g/mol. The Hall–Kier alpha value is -1.73. The first-order chi connectivity index (χ1) is 27.8. The molecule has 338 valence electrons. The van der Waals surface area contributed by atoms with E-state index in [4.69, 9.17) is 28.4 Å². The number of carbonyl (C=O) groups is 1. The van der Waals surface area contributed by atoms with Crippen molar-refractivity contribution in [1.29, 1.82) is 0 Å². The molecule has 0 bridgehead atoms. The Kier molecular flexibility index (Phi) is 23.2. The lowest BCUT2D eigenvalue weighted by molar-refractivity contribution is -0.379. The van der Waals surface area contributed by atoms with E-state index in [2.05, 4.69) is 31.3 Å². The van der Waals surface area contributed by atoms with E-state index in [9.17, 15) is 61.0 Å². The van der Waals surface area contributed by atoms with E-state index in [1.807, 2.05) is 0 Å². The standard InChI is InChI=1S/C39H69NO18/c1-3-5-7-9-11-12-14-16-23(44)22(40-27(45)17-15-13-10-8-6-4-2)21-53-37-33(51)30(48)35(25(19-42)55-37)58-39-34(52)31(49)36(26(20-43)56-39)57-38-32(50)29(47)28(46)24(18-41)54-38/h7,9,14,16,22-26,28-39,41-44,46-52H,3-6,8,10-13,15,17-21H2,1-2H3,(H,40,45)/b9-7+,16-14+. The highest BCUT2D eigenvalue weighted by Crippen LogP contribution is 2.32. The van der Waals surface area contributed by atoms with Crippen molar-refractivity contribution in [1.82, 2.24) is 5.32 Å². The molecule has 0 radical (unpaired) electrons. The molecule has 3 saturated heterocycles. The van der Waals surface area contributed by atoms with E-state index in [0.29, 0.717) is 12.8 Å². The average Bonchev–Trinajstić information content (AvgIpc) is 3.22. The average molecular weight is 840 g/mol. The van der Waals surface area contributed by atoms with Crippen LogP contribution in [0.3, 0.4) is 0 Å². The molecule has 0 aliphatic carbocycles. The van der Waals surface area contributed by atoms with E-state index < -0.39 is 124 Å². The summed E-state index contributed by atoms with van der Waals surface area (Å²) >= 11 is 0. The van der Waals surface area contributed by atoms with Crippen molar-refractivity contribution in [3.05, 3.63) is 24.3 Å². The van der Waals surface area contributed by atoms with E-state index >= 15 is 0 Å². The van der Waals surface area contributed by atoms with Gasteiger partial charge in [0.2, 0.25) is 5.91 Å². The zero-order valence-electron chi connectivity index (χ0n) is 33.5. The molecule has 0 aromatic heterocycles. The highest BCUT2D eigenvalue weighted by Gasteiger charge is 2.53. The topological polar surface area (TPSA) is 307 Å². The van der Waals surface area contributed by atoms with Crippen LogP contribution in [0.2, 0.25) is 0 Å². The summed E-state index contributed by atoms with van der Waals surface area (Å²) in [6.07, 6.45) is -9.81. The lowest BCUT2D eigenvalue weighted by atomic mass is 9.96. The molecular formula is C39H69NO18. The van der Waals surface area contributed by atoms with E-state index in [1.54, 1.807) is 12.2 Å². The van der Waals surface area contributed by atoms with Gasteiger partial charge in [-0.15, -0.1) is 0 Å². The van der Waals surface area contributed by atoms with Gasteiger partial charge in [0.05, 0.1) is 38.6 Å². The maximum absolute atomic E-state index is 12.9. The van der Waals surface area contributed by atoms with Crippen molar-refractivity contribution < 1.29 is 89.4 Å². The van der Waals surface area contributed by atoms with Crippen molar-refractivity contribution in [2.45, 2.75) is 189 Å². The minimum absolute atomic E-state index is 0.232. The lowest BCUT2D eigenvalue weighted by Gasteiger charge is -2.48. The second-order valence-electron chi connectivity index (χ2n) is 15.1. The second-order valence-corrected chi connectivity index (χ2v) is 15.1. The first-order valence-corrected chi connectivity index (χ1v) is 20.6. The first-order valence-electron chi connectivity index (χ1n) is 20.6. The second kappa shape index (κ2) is 26.6. The number of ether oxygens (including phenoxy) is 6. The van der Waals surface area contributed by atoms with E-state index in [-0.39, 0.29) is 18.9 Å². The fourth-order valence-corrected chi connectivity index (χ4v) is 6.91. The number of aliphatic hydroxyl groups excluding tert-OH is 11. The summed E-state index contributed by atoms with van der Waals surface area (Å²) in [6.45, 7) is 1.42. The largest absolute Gasteiger partial charge is 0.394 e. The molecule has 3 heterocycles. The third-order valence-corrected chi connectivity index (χ3v) is 10.5. The summed E-state index contributed by atoms with van der Waals surface area (Å²) in [7, 11) is 0. The number of rotatable bonds is 25. The maximum Gasteiger partial charge on any atom is 0.220 e. The van der Waals surface area contributed by atoms with Gasteiger partial charge >= 0.3 is 0 Å². The highest BCUT2D eigenvalue weighted by atomic mass is 16.8. The number of aliphatic hydroxyl groups is 11. The van der Waals surface area contributed by atoms with Crippen LogP contribution in [-0.4, -0.2) is 193 Å². The van der Waals surface area contributed by atoms with Crippen LogP contribution in [0.4, 0.5) is 0 Å². The van der Waals surface area contributed by atoms with Crippen molar-refractivity contribution in [2.24, 2.45) is 0 Å². The Balaban J connectivity index is 1.64. The molecule has 0 saturated carbocycles. The van der Waals surface area contributed by atoms with Crippen LogP contribution in [0.1, 0.15) is 84.5 Å². The zero-order chi connectivity index (χ0) is 42.8. The normalized spacial score (nSPS) is 37.0. The van der Waals surface area contributed by atoms with Gasteiger partial charge in [-0.1, -0.05) is 76.7 Å². The van der Waals surface area contributed by atoms with Crippen LogP contribution in [0.5, 0.6) is 0 Å². The summed E-state index contributed by atoms with van der Waals surface area (Å²) < 4.78 is 33.8. The minimum Gasteiger partial charge on any atom is -0.394 e. The summed E-state index contributed by atoms with van der Waals surface area (Å²) in [5.74, 6) is -0.305. The van der Waals surface area contributed by atoms with Gasteiger partial charge in [-0.05, 0) is 25.7 Å². The molecule has 58 heavy (non-hydrogen) atoms. The molecule has 17 atom stereocenters. The molecule has 3 aliphatic rings. The van der Waals surface area contributed by atoms with Crippen molar-refractivity contribution in [3.63, 3.8) is 0 Å². The fraction of sp³-hybridized carbons (Fsp3) is 0.872. The zero-order valence-corrected chi connectivity index (χ0v) is 33.5. The van der Waals surface area contributed by atoms with Gasteiger partial charge in [0.15, 0.2) is 18.9 Å². The van der Waals surface area contributed by atoms with E-state index in [1.165, 1.54) is 0 Å². The van der Waals surface area contributed by atoms with Gasteiger partial charge in [0.25, 0.3) is 0 Å². The Bertz CT molecular complexity index is 1190. The number of carbonyl (C=O) groups excluding carboxylic acids is 1. The molecule has 0 aromatic carbocycles. The van der Waals surface area contributed by atoms with Gasteiger partial charge in [-0.2, -0.15) is 0 Å². The lowest BCUT2D eigenvalue weighted by Crippen LogP contribution is -2.66. The van der Waals surface area contributed by atoms with Gasteiger partial charge < -0.3 is 89.9 Å². The predicted octanol–water partition coefficient (Wildman–Crippen LogP) is -2.26. The van der Waals surface area contributed by atoms with Crippen LogP contribution in [0.25, 0.3) is 0 Å². The van der Waals surface area contributed by atoms with Gasteiger partial charge in [0.1, 0.15) is 73.2 Å². The summed E-state index contributed by atoms with van der Waals surface area (Å²) in [5, 5.41) is 118. The number of unbranched alkanes of at least 4 members (excludes halogenated alkanes) is 7. The van der Waals surface area contributed by atoms with E-state index in [0.717, 1.165) is 51.4 Å². The molecule has 3 rings (SSSR count). The first kappa shape index (κ1) is 50.6. The third-order valence-electron chi connectivity index (χ3n) is 10.5. The van der Waals surface area contributed by atoms with Crippen LogP contribution in [0, 0.1) is 0 Å². The molecule has 17 unspecified atom stereocenters. The Morgan fingerprint density at radius 1 is 0.603 bits per heavy atom. The SMILES string of the molecule is CCC/C=C/CC/C=C/C(O)C(COC1OC(CO)C(OC2OC(CO)C(OC3OC(CO)C(O)C(O)C3O)C(O)C2O)C(O)C1O)NC(=O)CCCCCCCC. The Morgan fingerprint density at radius 2 is 1.10 bits per heavy atom. The van der Waals surface area contributed by atoms with Crippen LogP contribution >= 0.6 is 0 Å². The summed E-state index contributed by atoms with van der Waals surface area (Å²) in [4.78, 5) is 12.9. The molecule has 3 fully saturated rings. The van der Waals surface area contributed by atoms with Gasteiger partial charge in [-0.3, -0.25) is 4.79 Å². The van der Waals surface area contributed by atoms with Crippen molar-refractivity contribution >= 4 is 5.91 Å². The number of nitrogens with one attached hydrogen (secondary N) is 1. The van der Waals surface area contributed by atoms with Crippen molar-refractivity contribution in [3.8, 4) is 0 Å². The number of hydrogen-bond donors (Lipinski definition) is 12. The predicted molar refractivity (Wildman–Crippen MR) is 203 cm³/mol. The van der Waals surface area contributed by atoms with Crippen LogP contribution in [-0.2, 0) is 33.2 Å².